The molecule has 35 heavy (non-hydrogen) atoms. The van der Waals surface area contributed by atoms with Crippen molar-refractivity contribution in [2.75, 3.05) is 6.61 Å². The van der Waals surface area contributed by atoms with Gasteiger partial charge in [0.1, 0.15) is 12.4 Å². The summed E-state index contributed by atoms with van der Waals surface area (Å²) in [6, 6.07) is 18.7. The quantitative estimate of drug-likeness (QED) is 0.391. The van der Waals surface area contributed by atoms with Crippen molar-refractivity contribution in [2.45, 2.75) is 44.7 Å². The van der Waals surface area contributed by atoms with Gasteiger partial charge in [0.25, 0.3) is 0 Å². The van der Waals surface area contributed by atoms with Gasteiger partial charge < -0.3 is 24.9 Å². The molecular formula is C27H28N2O6. The summed E-state index contributed by atoms with van der Waals surface area (Å²) < 4.78 is 10.7. The molecular weight excluding hydrogens is 448 g/mol. The number of benzene rings is 2. The molecule has 3 N–H and O–H groups in total. The lowest BCUT2D eigenvalue weighted by Gasteiger charge is -2.19. The van der Waals surface area contributed by atoms with Gasteiger partial charge in [-0.05, 0) is 40.8 Å². The Hall–Kier alpha value is -4.07. The third kappa shape index (κ3) is 5.71. The average Bonchev–Trinajstić information content (AvgIpc) is 3.45. The number of hydrogen-bond acceptors (Lipinski definition) is 5. The molecule has 2 amide bonds. The van der Waals surface area contributed by atoms with Crippen LogP contribution in [0, 0.1) is 0 Å². The lowest BCUT2D eigenvalue weighted by molar-refractivity contribution is -0.121. The van der Waals surface area contributed by atoms with Gasteiger partial charge in [-0.2, -0.15) is 0 Å². The zero-order valence-electron chi connectivity index (χ0n) is 19.5. The predicted molar refractivity (Wildman–Crippen MR) is 129 cm³/mol. The van der Waals surface area contributed by atoms with Gasteiger partial charge in [0, 0.05) is 18.4 Å². The van der Waals surface area contributed by atoms with Crippen molar-refractivity contribution in [2.24, 2.45) is 0 Å². The SMILES string of the molecule is CCC[C@@H](CC(=O)NCc1ccc(C(=O)O)o1)NC(=O)OCC1c2ccccc2-c2ccccc21. The highest BCUT2D eigenvalue weighted by Crippen LogP contribution is 2.44. The molecule has 8 heteroatoms. The molecule has 2 aromatic carbocycles. The van der Waals surface area contributed by atoms with Crippen molar-refractivity contribution >= 4 is 18.0 Å². The summed E-state index contributed by atoms with van der Waals surface area (Å²) in [4.78, 5) is 35.9. The van der Waals surface area contributed by atoms with Crippen LogP contribution in [0.2, 0.25) is 0 Å². The molecule has 1 heterocycles. The van der Waals surface area contributed by atoms with E-state index in [1.807, 2.05) is 31.2 Å². The Balaban J connectivity index is 1.30. The van der Waals surface area contributed by atoms with Crippen LogP contribution in [0.25, 0.3) is 11.1 Å². The average molecular weight is 477 g/mol. The molecule has 1 atom stereocenters. The molecule has 1 aliphatic rings. The van der Waals surface area contributed by atoms with Crippen LogP contribution in [-0.4, -0.2) is 35.7 Å². The number of carbonyl (C=O) groups is 3. The molecule has 0 spiro atoms. The largest absolute Gasteiger partial charge is 0.475 e. The summed E-state index contributed by atoms with van der Waals surface area (Å²) in [6.07, 6.45) is 0.906. The fraction of sp³-hybridized carbons (Fsp3) is 0.296. The van der Waals surface area contributed by atoms with Crippen molar-refractivity contribution in [3.8, 4) is 11.1 Å². The molecule has 0 unspecified atom stereocenters. The number of rotatable bonds is 10. The summed E-state index contributed by atoms with van der Waals surface area (Å²) in [5.74, 6) is -1.33. The van der Waals surface area contributed by atoms with Crippen molar-refractivity contribution in [1.29, 1.82) is 0 Å². The maximum Gasteiger partial charge on any atom is 0.407 e. The molecule has 0 saturated heterocycles. The van der Waals surface area contributed by atoms with Crippen LogP contribution < -0.4 is 10.6 Å². The summed E-state index contributed by atoms with van der Waals surface area (Å²) in [7, 11) is 0. The van der Waals surface area contributed by atoms with Crippen LogP contribution in [0.5, 0.6) is 0 Å². The lowest BCUT2D eigenvalue weighted by Crippen LogP contribution is -2.39. The molecule has 0 fully saturated rings. The summed E-state index contributed by atoms with van der Waals surface area (Å²) in [6.45, 7) is 2.24. The van der Waals surface area contributed by atoms with Gasteiger partial charge in [-0.3, -0.25) is 4.79 Å². The molecule has 8 nitrogen and oxygen atoms in total. The predicted octanol–water partition coefficient (Wildman–Crippen LogP) is 4.69. The smallest absolute Gasteiger partial charge is 0.407 e. The topological polar surface area (TPSA) is 118 Å². The van der Waals surface area contributed by atoms with Crippen molar-refractivity contribution in [3.63, 3.8) is 0 Å². The number of amides is 2. The Labute approximate surface area is 203 Å². The Morgan fingerprint density at radius 2 is 1.66 bits per heavy atom. The van der Waals surface area contributed by atoms with E-state index in [0.717, 1.165) is 28.7 Å². The minimum Gasteiger partial charge on any atom is -0.475 e. The third-order valence-electron chi connectivity index (χ3n) is 6.07. The molecule has 0 aliphatic heterocycles. The van der Waals surface area contributed by atoms with Crippen LogP contribution in [0.1, 0.15) is 59.5 Å². The Kier molecular flexibility index (Phi) is 7.50. The first kappa shape index (κ1) is 24.1. The Morgan fingerprint density at radius 3 is 2.26 bits per heavy atom. The van der Waals surface area contributed by atoms with Crippen LogP contribution in [0.4, 0.5) is 4.79 Å². The number of carboxylic acids is 1. The second-order valence-corrected chi connectivity index (χ2v) is 8.51. The molecule has 1 aromatic heterocycles. The van der Waals surface area contributed by atoms with Crippen LogP contribution >= 0.6 is 0 Å². The second-order valence-electron chi connectivity index (χ2n) is 8.51. The highest BCUT2D eigenvalue weighted by molar-refractivity contribution is 5.84. The van der Waals surface area contributed by atoms with Gasteiger partial charge in [0.15, 0.2) is 0 Å². The number of carbonyl (C=O) groups excluding carboxylic acids is 2. The third-order valence-corrected chi connectivity index (χ3v) is 6.07. The van der Waals surface area contributed by atoms with Gasteiger partial charge in [0.2, 0.25) is 11.7 Å². The van der Waals surface area contributed by atoms with E-state index in [9.17, 15) is 14.4 Å². The zero-order valence-corrected chi connectivity index (χ0v) is 19.5. The fourth-order valence-corrected chi connectivity index (χ4v) is 4.45. The Bertz CT molecular complexity index is 1170. The molecule has 0 radical (unpaired) electrons. The maximum absolute atomic E-state index is 12.6. The number of alkyl carbamates (subject to hydrolysis) is 1. The first-order valence-corrected chi connectivity index (χ1v) is 11.7. The second kappa shape index (κ2) is 10.9. The molecule has 1 aliphatic carbocycles. The van der Waals surface area contributed by atoms with Crippen LogP contribution in [0.3, 0.4) is 0 Å². The Morgan fingerprint density at radius 1 is 1.00 bits per heavy atom. The van der Waals surface area contributed by atoms with E-state index in [0.29, 0.717) is 12.2 Å². The fourth-order valence-electron chi connectivity index (χ4n) is 4.45. The number of nitrogens with one attached hydrogen (secondary N) is 2. The molecule has 4 rings (SSSR count). The summed E-state index contributed by atoms with van der Waals surface area (Å²) >= 11 is 0. The summed E-state index contributed by atoms with van der Waals surface area (Å²) in [5, 5.41) is 14.4. The van der Waals surface area contributed by atoms with E-state index in [1.165, 1.54) is 12.1 Å². The van der Waals surface area contributed by atoms with E-state index in [2.05, 4.69) is 34.9 Å². The lowest BCUT2D eigenvalue weighted by atomic mass is 9.98. The van der Waals surface area contributed by atoms with Gasteiger partial charge in [-0.15, -0.1) is 0 Å². The number of aromatic carboxylic acids is 1. The first-order chi connectivity index (χ1) is 17.0. The number of furan rings is 1. The van der Waals surface area contributed by atoms with Crippen molar-refractivity contribution in [1.82, 2.24) is 10.6 Å². The van der Waals surface area contributed by atoms with E-state index < -0.39 is 12.1 Å². The van der Waals surface area contributed by atoms with Gasteiger partial charge >= 0.3 is 12.1 Å². The van der Waals surface area contributed by atoms with Gasteiger partial charge in [-0.1, -0.05) is 61.9 Å². The number of fused-ring (bicyclic) bond motifs is 3. The van der Waals surface area contributed by atoms with E-state index >= 15 is 0 Å². The van der Waals surface area contributed by atoms with Gasteiger partial charge in [0.05, 0.1) is 6.54 Å². The monoisotopic (exact) mass is 476 g/mol. The maximum atomic E-state index is 12.6. The standard InChI is InChI=1S/C27H28N2O6/c1-2-7-17(14-25(30)28-15-18-12-13-24(35-18)26(31)32)29-27(33)34-16-23-21-10-5-3-8-19(21)20-9-4-6-11-22(20)23/h3-6,8-13,17,23H,2,7,14-16H2,1H3,(H,28,30)(H,29,33)(H,31,32)/t17-/m0/s1. The first-order valence-electron chi connectivity index (χ1n) is 11.7. The van der Waals surface area contributed by atoms with E-state index in [4.69, 9.17) is 14.3 Å². The number of carboxylic acid groups (broad SMARTS) is 1. The molecule has 0 bridgehead atoms. The van der Waals surface area contributed by atoms with Crippen LogP contribution in [0.15, 0.2) is 65.1 Å². The minimum absolute atomic E-state index is 0.0370. The number of ether oxygens (including phenoxy) is 1. The van der Waals surface area contributed by atoms with Crippen LogP contribution in [-0.2, 0) is 16.1 Å². The van der Waals surface area contributed by atoms with Crippen molar-refractivity contribution < 1.29 is 28.6 Å². The molecule has 3 aromatic rings. The van der Waals surface area contributed by atoms with E-state index in [1.54, 1.807) is 0 Å². The van der Waals surface area contributed by atoms with Gasteiger partial charge in [-0.25, -0.2) is 9.59 Å². The highest BCUT2D eigenvalue weighted by Gasteiger charge is 2.29. The molecule has 0 saturated carbocycles. The highest BCUT2D eigenvalue weighted by atomic mass is 16.5. The normalized spacial score (nSPS) is 12.9. The van der Waals surface area contributed by atoms with E-state index in [-0.39, 0.29) is 43.2 Å². The van der Waals surface area contributed by atoms with Crippen molar-refractivity contribution in [3.05, 3.63) is 83.3 Å². The number of hydrogen-bond donors (Lipinski definition) is 3. The summed E-state index contributed by atoms with van der Waals surface area (Å²) in [5.41, 5.74) is 4.58. The minimum atomic E-state index is -1.17. The molecule has 182 valence electrons. The zero-order chi connectivity index (χ0) is 24.8.